The Kier molecular flexibility index (Phi) is 4.72. The lowest BCUT2D eigenvalue weighted by molar-refractivity contribution is 0.00795. The molecule has 2 aliphatic rings. The Morgan fingerprint density at radius 3 is 2.54 bits per heavy atom. The maximum absolute atomic E-state index is 12.6. The SMILES string of the molecule is CC(C)(C)OC(=O)N1CC2CCC(C1)C2CNC(=O)c1ccc2n[nH]nc2c1. The quantitative estimate of drug-likeness (QED) is 0.846. The van der Waals surface area contributed by atoms with Crippen molar-refractivity contribution >= 4 is 23.0 Å². The molecular weight excluding hydrogens is 358 g/mol. The van der Waals surface area contributed by atoms with Crippen molar-refractivity contribution in [1.82, 2.24) is 25.6 Å². The number of nitrogens with zero attached hydrogens (tertiary/aromatic N) is 3. The van der Waals surface area contributed by atoms with Gasteiger partial charge < -0.3 is 15.0 Å². The minimum absolute atomic E-state index is 0.0983. The van der Waals surface area contributed by atoms with Crippen molar-refractivity contribution in [3.63, 3.8) is 0 Å². The van der Waals surface area contributed by atoms with Crippen molar-refractivity contribution in [2.24, 2.45) is 17.8 Å². The zero-order chi connectivity index (χ0) is 19.9. The van der Waals surface area contributed by atoms with Crippen LogP contribution in [0.5, 0.6) is 0 Å². The lowest BCUT2D eigenvalue weighted by Crippen LogP contribution is -2.49. The summed E-state index contributed by atoms with van der Waals surface area (Å²) in [5.74, 6) is 1.12. The average Bonchev–Trinajstić information content (AvgIpc) is 3.18. The van der Waals surface area contributed by atoms with Gasteiger partial charge in [0.05, 0.1) is 0 Å². The minimum Gasteiger partial charge on any atom is -0.444 e. The summed E-state index contributed by atoms with van der Waals surface area (Å²) >= 11 is 0. The molecule has 2 heterocycles. The number of rotatable bonds is 3. The van der Waals surface area contributed by atoms with Crippen LogP contribution in [0.3, 0.4) is 0 Å². The van der Waals surface area contributed by atoms with Crippen molar-refractivity contribution in [2.45, 2.75) is 39.2 Å². The highest BCUT2D eigenvalue weighted by Gasteiger charge is 2.44. The molecule has 1 saturated carbocycles. The predicted molar refractivity (Wildman–Crippen MR) is 104 cm³/mol. The summed E-state index contributed by atoms with van der Waals surface area (Å²) in [6.45, 7) is 7.70. The second-order valence-corrected chi connectivity index (χ2v) is 8.88. The highest BCUT2D eigenvalue weighted by atomic mass is 16.6. The molecule has 8 heteroatoms. The van der Waals surface area contributed by atoms with Gasteiger partial charge in [-0.3, -0.25) is 4.79 Å². The monoisotopic (exact) mass is 385 g/mol. The second-order valence-electron chi connectivity index (χ2n) is 8.88. The van der Waals surface area contributed by atoms with Crippen LogP contribution in [0, 0.1) is 17.8 Å². The summed E-state index contributed by atoms with van der Waals surface area (Å²) in [5.41, 5.74) is 1.52. The fourth-order valence-corrected chi connectivity index (χ4v) is 4.44. The van der Waals surface area contributed by atoms with Gasteiger partial charge in [0.2, 0.25) is 0 Å². The normalized spacial score (nSPS) is 24.4. The second kappa shape index (κ2) is 7.07. The van der Waals surface area contributed by atoms with Gasteiger partial charge in [-0.05, 0) is 69.6 Å². The Morgan fingerprint density at radius 1 is 1.18 bits per heavy atom. The number of carbonyl (C=O) groups is 2. The number of carbonyl (C=O) groups excluding carboxylic acids is 2. The molecule has 2 bridgehead atoms. The van der Waals surface area contributed by atoms with Crippen LogP contribution >= 0.6 is 0 Å². The van der Waals surface area contributed by atoms with Crippen LogP contribution in [0.25, 0.3) is 11.0 Å². The molecular formula is C20H27N5O3. The number of amides is 2. The number of ether oxygens (including phenoxy) is 1. The molecule has 2 atom stereocenters. The Morgan fingerprint density at radius 2 is 1.86 bits per heavy atom. The van der Waals surface area contributed by atoms with Gasteiger partial charge in [0.25, 0.3) is 5.91 Å². The van der Waals surface area contributed by atoms with Gasteiger partial charge in [-0.1, -0.05) is 0 Å². The minimum atomic E-state index is -0.480. The first kappa shape index (κ1) is 18.7. The van der Waals surface area contributed by atoms with Crippen molar-refractivity contribution in [3.8, 4) is 0 Å². The number of benzene rings is 1. The highest BCUT2D eigenvalue weighted by molar-refractivity contribution is 5.97. The molecule has 1 saturated heterocycles. The number of H-pyrrole nitrogens is 1. The number of aromatic amines is 1. The third-order valence-corrected chi connectivity index (χ3v) is 5.76. The zero-order valence-corrected chi connectivity index (χ0v) is 16.6. The molecule has 150 valence electrons. The van der Waals surface area contributed by atoms with E-state index in [1.54, 1.807) is 18.2 Å². The standard InChI is InChI=1S/C20H27N5O3/c1-20(2,3)28-19(27)25-10-13-4-5-14(11-25)15(13)9-21-18(26)12-6-7-16-17(8-12)23-24-22-16/h6-8,13-15H,4-5,9-11H2,1-3H3,(H,21,26)(H,22,23,24). The number of hydrogen-bond donors (Lipinski definition) is 2. The largest absolute Gasteiger partial charge is 0.444 e. The first-order valence-corrected chi connectivity index (χ1v) is 9.87. The van der Waals surface area contributed by atoms with Crippen molar-refractivity contribution in [3.05, 3.63) is 23.8 Å². The smallest absolute Gasteiger partial charge is 0.410 e. The molecule has 2 aromatic rings. The highest BCUT2D eigenvalue weighted by Crippen LogP contribution is 2.41. The number of aromatic nitrogens is 3. The van der Waals surface area contributed by atoms with E-state index in [0.29, 0.717) is 48.5 Å². The molecule has 1 aromatic heterocycles. The lowest BCUT2D eigenvalue weighted by atomic mass is 9.85. The molecule has 1 aliphatic carbocycles. The Labute approximate surface area is 164 Å². The van der Waals surface area contributed by atoms with E-state index in [1.165, 1.54) is 0 Å². The number of fused-ring (bicyclic) bond motifs is 3. The third-order valence-electron chi connectivity index (χ3n) is 5.76. The van der Waals surface area contributed by atoms with E-state index in [0.717, 1.165) is 18.4 Å². The number of nitrogens with one attached hydrogen (secondary N) is 2. The maximum atomic E-state index is 12.6. The van der Waals surface area contributed by atoms with Gasteiger partial charge in [0.15, 0.2) is 0 Å². The van der Waals surface area contributed by atoms with E-state index in [2.05, 4.69) is 20.7 Å². The van der Waals surface area contributed by atoms with Gasteiger partial charge >= 0.3 is 6.09 Å². The van der Waals surface area contributed by atoms with Crippen molar-refractivity contribution < 1.29 is 14.3 Å². The number of hydrogen-bond acceptors (Lipinski definition) is 5. The molecule has 28 heavy (non-hydrogen) atoms. The third kappa shape index (κ3) is 3.81. The molecule has 2 fully saturated rings. The van der Waals surface area contributed by atoms with Crippen LogP contribution in [0.4, 0.5) is 4.79 Å². The van der Waals surface area contributed by atoms with E-state index in [-0.39, 0.29) is 12.0 Å². The van der Waals surface area contributed by atoms with Gasteiger partial charge in [-0.15, -0.1) is 0 Å². The molecule has 0 radical (unpaired) electrons. The Bertz CT molecular complexity index is 873. The molecule has 8 nitrogen and oxygen atoms in total. The van der Waals surface area contributed by atoms with Gasteiger partial charge in [-0.2, -0.15) is 15.4 Å². The van der Waals surface area contributed by atoms with Crippen LogP contribution < -0.4 is 5.32 Å². The first-order valence-electron chi connectivity index (χ1n) is 9.87. The summed E-state index contributed by atoms with van der Waals surface area (Å²) in [7, 11) is 0. The van der Waals surface area contributed by atoms with Gasteiger partial charge in [0.1, 0.15) is 16.6 Å². The zero-order valence-electron chi connectivity index (χ0n) is 16.6. The fourth-order valence-electron chi connectivity index (χ4n) is 4.44. The number of piperidine rings is 1. The summed E-state index contributed by atoms with van der Waals surface area (Å²) in [5, 5.41) is 13.7. The van der Waals surface area contributed by atoms with Gasteiger partial charge in [0, 0.05) is 25.2 Å². The van der Waals surface area contributed by atoms with Crippen LogP contribution in [-0.2, 0) is 4.74 Å². The molecule has 2 unspecified atom stereocenters. The van der Waals surface area contributed by atoms with E-state index in [1.807, 2.05) is 25.7 Å². The molecule has 0 spiro atoms. The van der Waals surface area contributed by atoms with E-state index in [9.17, 15) is 9.59 Å². The maximum Gasteiger partial charge on any atom is 0.410 e. The summed E-state index contributed by atoms with van der Waals surface area (Å²) in [6, 6.07) is 5.30. The van der Waals surface area contributed by atoms with Crippen LogP contribution in [-0.4, -0.2) is 57.5 Å². The van der Waals surface area contributed by atoms with Crippen molar-refractivity contribution in [2.75, 3.05) is 19.6 Å². The van der Waals surface area contributed by atoms with Gasteiger partial charge in [-0.25, -0.2) is 4.79 Å². The number of likely N-dealkylation sites (tertiary alicyclic amines) is 1. The average molecular weight is 385 g/mol. The lowest BCUT2D eigenvalue weighted by Gasteiger charge is -2.38. The summed E-state index contributed by atoms with van der Waals surface area (Å²) in [4.78, 5) is 26.8. The van der Waals surface area contributed by atoms with E-state index < -0.39 is 5.60 Å². The molecule has 2 amide bonds. The Balaban J connectivity index is 1.35. The van der Waals surface area contributed by atoms with E-state index >= 15 is 0 Å². The topological polar surface area (TPSA) is 100 Å². The Hall–Kier alpha value is -2.64. The van der Waals surface area contributed by atoms with E-state index in [4.69, 9.17) is 4.74 Å². The fraction of sp³-hybridized carbons (Fsp3) is 0.600. The predicted octanol–water partition coefficient (Wildman–Crippen LogP) is 2.58. The molecule has 1 aliphatic heterocycles. The van der Waals surface area contributed by atoms with Crippen LogP contribution in [0.1, 0.15) is 44.0 Å². The summed E-state index contributed by atoms with van der Waals surface area (Å²) < 4.78 is 5.53. The first-order chi connectivity index (χ1) is 13.3. The van der Waals surface area contributed by atoms with Crippen LogP contribution in [0.2, 0.25) is 0 Å². The van der Waals surface area contributed by atoms with Crippen molar-refractivity contribution in [1.29, 1.82) is 0 Å². The molecule has 4 rings (SSSR count). The van der Waals surface area contributed by atoms with Crippen LogP contribution in [0.15, 0.2) is 18.2 Å². The molecule has 2 N–H and O–H groups in total. The summed E-state index contributed by atoms with van der Waals surface area (Å²) in [6.07, 6.45) is 1.96. The molecule has 1 aromatic carbocycles.